The van der Waals surface area contributed by atoms with Gasteiger partial charge in [-0.2, -0.15) is 0 Å². The van der Waals surface area contributed by atoms with E-state index in [-0.39, 0.29) is 0 Å². The molecule has 0 fully saturated rings. The van der Waals surface area contributed by atoms with Crippen molar-refractivity contribution < 1.29 is 9.47 Å². The Morgan fingerprint density at radius 2 is 2.33 bits per heavy atom. The molecule has 1 unspecified atom stereocenters. The van der Waals surface area contributed by atoms with Crippen LogP contribution in [0.15, 0.2) is 24.2 Å². The molecular formula is C10H14O2. The largest absolute Gasteiger partial charge is 0.501 e. The van der Waals surface area contributed by atoms with Crippen molar-refractivity contribution in [1.82, 2.24) is 0 Å². The minimum atomic E-state index is 0.565. The Balaban J connectivity index is 1.98. The molecule has 0 saturated carbocycles. The van der Waals surface area contributed by atoms with Crippen LogP contribution in [0.4, 0.5) is 0 Å². The summed E-state index contributed by atoms with van der Waals surface area (Å²) in [6.45, 7) is 1.71. The summed E-state index contributed by atoms with van der Waals surface area (Å²) in [6.07, 6.45) is 9.25. The van der Waals surface area contributed by atoms with E-state index in [0.717, 1.165) is 26.1 Å². The van der Waals surface area contributed by atoms with Gasteiger partial charge in [-0.1, -0.05) is 0 Å². The maximum Gasteiger partial charge on any atom is 0.0942 e. The van der Waals surface area contributed by atoms with Gasteiger partial charge in [-0.05, 0) is 30.9 Å². The molecule has 0 aromatic carbocycles. The molecule has 0 aromatic heterocycles. The maximum absolute atomic E-state index is 5.29. The molecule has 2 rings (SSSR count). The van der Waals surface area contributed by atoms with Crippen LogP contribution in [0.5, 0.6) is 0 Å². The van der Waals surface area contributed by atoms with Gasteiger partial charge in [-0.15, -0.1) is 0 Å². The Hall–Kier alpha value is -0.920. The van der Waals surface area contributed by atoms with E-state index >= 15 is 0 Å². The molecule has 2 heteroatoms. The van der Waals surface area contributed by atoms with Gasteiger partial charge in [0.1, 0.15) is 0 Å². The molecule has 2 aliphatic rings. The minimum Gasteiger partial charge on any atom is -0.501 e. The first-order valence-electron chi connectivity index (χ1n) is 4.54. The summed E-state index contributed by atoms with van der Waals surface area (Å²) in [4.78, 5) is 0. The molecule has 2 nitrogen and oxygen atoms in total. The Bertz CT molecular complexity index is 206. The monoisotopic (exact) mass is 166 g/mol. The molecule has 2 heterocycles. The van der Waals surface area contributed by atoms with Gasteiger partial charge in [-0.25, -0.2) is 0 Å². The van der Waals surface area contributed by atoms with Gasteiger partial charge in [0.2, 0.25) is 0 Å². The average Bonchev–Trinajstić information content (AvgIpc) is 2.21. The predicted molar refractivity (Wildman–Crippen MR) is 46.5 cm³/mol. The van der Waals surface area contributed by atoms with E-state index in [1.807, 2.05) is 6.26 Å². The Morgan fingerprint density at radius 1 is 1.33 bits per heavy atom. The third kappa shape index (κ3) is 1.63. The second kappa shape index (κ2) is 3.65. The molecule has 0 amide bonds. The molecule has 0 aromatic rings. The molecule has 0 saturated heterocycles. The zero-order valence-electron chi connectivity index (χ0n) is 7.16. The molecule has 0 bridgehead atoms. The molecule has 0 aliphatic carbocycles. The topological polar surface area (TPSA) is 18.5 Å². The number of rotatable bonds is 1. The van der Waals surface area contributed by atoms with Crippen LogP contribution < -0.4 is 0 Å². The van der Waals surface area contributed by atoms with E-state index < -0.39 is 0 Å². The predicted octanol–water partition coefficient (Wildman–Crippen LogP) is 2.23. The van der Waals surface area contributed by atoms with Crippen molar-refractivity contribution >= 4 is 0 Å². The molecule has 12 heavy (non-hydrogen) atoms. The van der Waals surface area contributed by atoms with Crippen LogP contribution in [0.3, 0.4) is 0 Å². The van der Waals surface area contributed by atoms with Crippen LogP contribution in [0.1, 0.15) is 19.3 Å². The molecule has 0 N–H and O–H groups in total. The van der Waals surface area contributed by atoms with Crippen molar-refractivity contribution in [3.63, 3.8) is 0 Å². The van der Waals surface area contributed by atoms with E-state index in [4.69, 9.17) is 9.47 Å². The summed E-state index contributed by atoms with van der Waals surface area (Å²) in [5, 5.41) is 0. The number of hydrogen-bond donors (Lipinski definition) is 0. The number of ether oxygens (including phenoxy) is 2. The summed E-state index contributed by atoms with van der Waals surface area (Å²) in [7, 11) is 0. The van der Waals surface area contributed by atoms with Crippen molar-refractivity contribution in [2.45, 2.75) is 19.3 Å². The molecule has 1 atom stereocenters. The van der Waals surface area contributed by atoms with Crippen molar-refractivity contribution in [3.05, 3.63) is 24.2 Å². The van der Waals surface area contributed by atoms with E-state index in [1.165, 1.54) is 12.0 Å². The highest BCUT2D eigenvalue weighted by molar-refractivity contribution is 5.08. The zero-order chi connectivity index (χ0) is 8.23. The second-order valence-electron chi connectivity index (χ2n) is 3.30. The fourth-order valence-corrected chi connectivity index (χ4v) is 1.67. The van der Waals surface area contributed by atoms with Crippen molar-refractivity contribution in [2.24, 2.45) is 5.92 Å². The van der Waals surface area contributed by atoms with Crippen LogP contribution in [-0.4, -0.2) is 13.2 Å². The molecule has 0 radical (unpaired) electrons. The van der Waals surface area contributed by atoms with E-state index in [1.54, 1.807) is 6.26 Å². The van der Waals surface area contributed by atoms with Gasteiger partial charge in [0.05, 0.1) is 25.7 Å². The summed E-state index contributed by atoms with van der Waals surface area (Å²) in [6, 6.07) is 0. The van der Waals surface area contributed by atoms with Gasteiger partial charge in [0, 0.05) is 5.92 Å². The molecule has 0 spiro atoms. The van der Waals surface area contributed by atoms with Gasteiger partial charge >= 0.3 is 0 Å². The summed E-state index contributed by atoms with van der Waals surface area (Å²) in [5.41, 5.74) is 1.42. The first-order chi connectivity index (χ1) is 5.97. The van der Waals surface area contributed by atoms with E-state index in [9.17, 15) is 0 Å². The fraction of sp³-hybridized carbons (Fsp3) is 0.600. The zero-order valence-corrected chi connectivity index (χ0v) is 7.16. The van der Waals surface area contributed by atoms with Crippen LogP contribution in [0.25, 0.3) is 0 Å². The summed E-state index contributed by atoms with van der Waals surface area (Å²) in [5.74, 6) is 0.565. The van der Waals surface area contributed by atoms with Crippen molar-refractivity contribution in [1.29, 1.82) is 0 Å². The van der Waals surface area contributed by atoms with Crippen molar-refractivity contribution in [2.75, 3.05) is 13.2 Å². The Labute approximate surface area is 72.9 Å². The Morgan fingerprint density at radius 3 is 3.00 bits per heavy atom. The first-order valence-corrected chi connectivity index (χ1v) is 4.54. The lowest BCUT2D eigenvalue weighted by atomic mass is 9.92. The lowest BCUT2D eigenvalue weighted by Gasteiger charge is -2.23. The average molecular weight is 166 g/mol. The standard InChI is InChI=1S/C10H14O2/c1-3-9(7-11-5-1)10-4-2-6-12-8-10/h1,5,8-9H,2-4,6-7H2. The molecule has 2 aliphatic heterocycles. The molecular weight excluding hydrogens is 152 g/mol. The van der Waals surface area contributed by atoms with Crippen LogP contribution in [0, 0.1) is 5.92 Å². The smallest absolute Gasteiger partial charge is 0.0942 e. The highest BCUT2D eigenvalue weighted by Crippen LogP contribution is 2.26. The van der Waals surface area contributed by atoms with E-state index in [2.05, 4.69) is 6.08 Å². The minimum absolute atomic E-state index is 0.565. The SMILES string of the molecule is C1=COCC(C2=COCCC2)C1. The van der Waals surface area contributed by atoms with E-state index in [0.29, 0.717) is 5.92 Å². The maximum atomic E-state index is 5.29. The quantitative estimate of drug-likeness (QED) is 0.594. The first kappa shape index (κ1) is 7.71. The highest BCUT2D eigenvalue weighted by Gasteiger charge is 2.17. The lowest BCUT2D eigenvalue weighted by Crippen LogP contribution is -2.16. The van der Waals surface area contributed by atoms with Crippen LogP contribution >= 0.6 is 0 Å². The second-order valence-corrected chi connectivity index (χ2v) is 3.30. The van der Waals surface area contributed by atoms with Gasteiger partial charge in [0.25, 0.3) is 0 Å². The highest BCUT2D eigenvalue weighted by atomic mass is 16.5. The number of allylic oxidation sites excluding steroid dienone is 1. The Kier molecular flexibility index (Phi) is 2.35. The summed E-state index contributed by atoms with van der Waals surface area (Å²) >= 11 is 0. The van der Waals surface area contributed by atoms with Gasteiger partial charge in [-0.3, -0.25) is 0 Å². The summed E-state index contributed by atoms with van der Waals surface area (Å²) < 4.78 is 10.6. The van der Waals surface area contributed by atoms with Gasteiger partial charge < -0.3 is 9.47 Å². The van der Waals surface area contributed by atoms with Crippen molar-refractivity contribution in [3.8, 4) is 0 Å². The van der Waals surface area contributed by atoms with Crippen LogP contribution in [0.2, 0.25) is 0 Å². The third-order valence-electron chi connectivity index (χ3n) is 2.40. The molecule has 66 valence electrons. The fourth-order valence-electron chi connectivity index (χ4n) is 1.67. The normalized spacial score (nSPS) is 28.7. The number of hydrogen-bond acceptors (Lipinski definition) is 2. The van der Waals surface area contributed by atoms with Gasteiger partial charge in [0.15, 0.2) is 0 Å². The van der Waals surface area contributed by atoms with Crippen LogP contribution in [-0.2, 0) is 9.47 Å². The lowest BCUT2D eigenvalue weighted by molar-refractivity contribution is 0.172. The third-order valence-corrected chi connectivity index (χ3v) is 2.40.